The maximum Gasteiger partial charge on any atom is 0.269 e. The Morgan fingerprint density at radius 1 is 0.927 bits per heavy atom. The summed E-state index contributed by atoms with van der Waals surface area (Å²) in [5.41, 5.74) is 2.32. The highest BCUT2D eigenvalue weighted by Crippen LogP contribution is 2.36. The summed E-state index contributed by atoms with van der Waals surface area (Å²) in [6, 6.07) is 13.1. The van der Waals surface area contributed by atoms with Crippen LogP contribution in [0.25, 0.3) is 21.6 Å². The Labute approximate surface area is 246 Å². The first-order valence-corrected chi connectivity index (χ1v) is 17.2. The molecule has 0 spiro atoms. The van der Waals surface area contributed by atoms with Crippen molar-refractivity contribution in [1.82, 2.24) is 24.2 Å². The molecule has 218 valence electrons. The quantitative estimate of drug-likeness (QED) is 0.326. The monoisotopic (exact) mass is 593 g/mol. The van der Waals surface area contributed by atoms with E-state index >= 15 is 0 Å². The number of pyridine rings is 1. The van der Waals surface area contributed by atoms with E-state index in [2.05, 4.69) is 20.6 Å². The van der Waals surface area contributed by atoms with Crippen LogP contribution in [-0.2, 0) is 14.8 Å². The van der Waals surface area contributed by atoms with Crippen molar-refractivity contribution in [2.45, 2.75) is 61.8 Å². The number of ether oxygens (including phenoxy) is 1. The van der Waals surface area contributed by atoms with Crippen LogP contribution in [0, 0.1) is 0 Å². The van der Waals surface area contributed by atoms with Crippen molar-refractivity contribution in [3.63, 3.8) is 0 Å². The maximum atomic E-state index is 13.2. The molecule has 3 aliphatic rings. The molecule has 3 aromatic heterocycles. The summed E-state index contributed by atoms with van der Waals surface area (Å²) in [6.45, 7) is 6.27. The van der Waals surface area contributed by atoms with E-state index in [9.17, 15) is 8.42 Å². The van der Waals surface area contributed by atoms with Gasteiger partial charge in [0.05, 0.1) is 23.8 Å². The summed E-state index contributed by atoms with van der Waals surface area (Å²) in [6.07, 6.45) is 12.6. The molecule has 1 N–H and O–H groups in total. The van der Waals surface area contributed by atoms with Crippen molar-refractivity contribution in [2.75, 3.05) is 39.4 Å². The molecular formula is C31H39N5O3S2. The van der Waals surface area contributed by atoms with Gasteiger partial charge in [-0.3, -0.25) is 4.90 Å². The van der Waals surface area contributed by atoms with Gasteiger partial charge in [-0.15, -0.1) is 11.3 Å². The average molecular weight is 594 g/mol. The van der Waals surface area contributed by atoms with E-state index in [1.807, 2.05) is 12.1 Å². The number of hydrogen-bond acceptors (Lipinski definition) is 8. The summed E-state index contributed by atoms with van der Waals surface area (Å²) in [5.74, 6) is 0.459. The van der Waals surface area contributed by atoms with Gasteiger partial charge in [0.1, 0.15) is 5.01 Å². The van der Waals surface area contributed by atoms with Crippen LogP contribution in [0.3, 0.4) is 0 Å². The highest BCUT2D eigenvalue weighted by molar-refractivity contribution is 7.90. The van der Waals surface area contributed by atoms with Gasteiger partial charge in [-0.05, 0) is 63.0 Å². The molecule has 2 aliphatic heterocycles. The summed E-state index contributed by atoms with van der Waals surface area (Å²) < 4.78 is 33.1. The molecule has 0 unspecified atom stereocenters. The van der Waals surface area contributed by atoms with Crippen molar-refractivity contribution in [3.8, 4) is 10.6 Å². The van der Waals surface area contributed by atoms with E-state index in [1.165, 1.54) is 49.2 Å². The fraction of sp³-hybridized carbons (Fsp3) is 0.484. The molecule has 3 fully saturated rings. The molecule has 1 aromatic carbocycles. The lowest BCUT2D eigenvalue weighted by atomic mass is 9.94. The van der Waals surface area contributed by atoms with Gasteiger partial charge in [-0.2, -0.15) is 0 Å². The molecule has 10 heteroatoms. The van der Waals surface area contributed by atoms with Crippen LogP contribution >= 0.6 is 11.3 Å². The third-order valence-electron chi connectivity index (χ3n) is 8.48. The predicted molar refractivity (Wildman–Crippen MR) is 164 cm³/mol. The number of piperidine rings is 1. The second-order valence-electron chi connectivity index (χ2n) is 11.1. The van der Waals surface area contributed by atoms with Gasteiger partial charge in [-0.25, -0.2) is 22.4 Å². The predicted octanol–water partition coefficient (Wildman–Crippen LogP) is 5.52. The van der Waals surface area contributed by atoms with Crippen LogP contribution in [0.4, 0.5) is 0 Å². The summed E-state index contributed by atoms with van der Waals surface area (Å²) in [4.78, 5) is 12.1. The van der Waals surface area contributed by atoms with Crippen LogP contribution < -0.4 is 5.32 Å². The van der Waals surface area contributed by atoms with Crippen LogP contribution in [-0.4, -0.2) is 72.7 Å². The summed E-state index contributed by atoms with van der Waals surface area (Å²) in [7, 11) is -3.74. The lowest BCUT2D eigenvalue weighted by Crippen LogP contribution is -2.44. The van der Waals surface area contributed by atoms with E-state index in [0.717, 1.165) is 66.8 Å². The van der Waals surface area contributed by atoms with Crippen molar-refractivity contribution in [3.05, 3.63) is 65.9 Å². The van der Waals surface area contributed by atoms with Gasteiger partial charge >= 0.3 is 0 Å². The van der Waals surface area contributed by atoms with Gasteiger partial charge < -0.3 is 10.1 Å². The molecule has 2 saturated heterocycles. The number of aromatic nitrogens is 3. The third kappa shape index (κ3) is 6.41. The molecule has 5 heterocycles. The first-order valence-electron chi connectivity index (χ1n) is 14.9. The van der Waals surface area contributed by atoms with Gasteiger partial charge in [0.15, 0.2) is 5.65 Å². The lowest BCUT2D eigenvalue weighted by Gasteiger charge is -2.36. The number of benzene rings is 1. The number of fused-ring (bicyclic) bond motifs is 1. The molecule has 0 radical (unpaired) electrons. The fourth-order valence-corrected chi connectivity index (χ4v) is 8.47. The number of morpholine rings is 1. The molecule has 4 aromatic rings. The van der Waals surface area contributed by atoms with Crippen LogP contribution in [0.5, 0.6) is 0 Å². The Morgan fingerprint density at radius 3 is 2.44 bits per heavy atom. The van der Waals surface area contributed by atoms with E-state index in [4.69, 9.17) is 9.72 Å². The molecule has 0 amide bonds. The number of hydrogen-bond donors (Lipinski definition) is 1. The van der Waals surface area contributed by atoms with Crippen LogP contribution in [0.2, 0.25) is 0 Å². The first kappa shape index (κ1) is 28.5. The van der Waals surface area contributed by atoms with Crippen molar-refractivity contribution in [1.29, 1.82) is 0 Å². The van der Waals surface area contributed by atoms with Crippen LogP contribution in [0.15, 0.2) is 65.1 Å². The minimum atomic E-state index is -3.74. The Kier molecular flexibility index (Phi) is 9.12. The molecule has 0 bridgehead atoms. The zero-order chi connectivity index (χ0) is 28.1. The zero-order valence-electron chi connectivity index (χ0n) is 23.5. The Bertz CT molecular complexity index is 1500. The number of rotatable bonds is 5. The van der Waals surface area contributed by atoms with E-state index < -0.39 is 10.0 Å². The molecular weight excluding hydrogens is 555 g/mol. The average Bonchev–Trinajstić information content (AvgIpc) is 3.69. The van der Waals surface area contributed by atoms with Gasteiger partial charge in [-0.1, -0.05) is 37.5 Å². The third-order valence-corrected chi connectivity index (χ3v) is 11.0. The van der Waals surface area contributed by atoms with E-state index in [0.29, 0.717) is 11.6 Å². The van der Waals surface area contributed by atoms with Crippen LogP contribution in [0.1, 0.15) is 56.6 Å². The number of nitrogens with one attached hydrogen (secondary N) is 1. The minimum Gasteiger partial charge on any atom is -0.379 e. The van der Waals surface area contributed by atoms with E-state index in [-0.39, 0.29) is 4.90 Å². The standard InChI is InChI=1S/C21H20N4O2S2.C10H19NO/c26-29(27,16-5-2-1-3-6-16)25-13-18(17-7-4-10-23-20(17)25)21-24-19(14-28-21)15-8-11-22-12-9-15;1-2-4-10(5-3-1)11-6-8-12-9-7-11/h1-7,10,13-15,22H,8-9,11-12H2;10H,1-9H2. The Hall–Kier alpha value is -2.63. The van der Waals surface area contributed by atoms with Gasteiger partial charge in [0.25, 0.3) is 10.0 Å². The Balaban J connectivity index is 0.000000210. The Morgan fingerprint density at radius 2 is 1.68 bits per heavy atom. The first-order chi connectivity index (χ1) is 20.1. The van der Waals surface area contributed by atoms with Crippen molar-refractivity contribution < 1.29 is 13.2 Å². The van der Waals surface area contributed by atoms with Gasteiger partial charge in [0.2, 0.25) is 0 Å². The second kappa shape index (κ2) is 13.1. The topological polar surface area (TPSA) is 89.4 Å². The molecule has 0 atom stereocenters. The molecule has 7 rings (SSSR count). The molecule has 8 nitrogen and oxygen atoms in total. The number of nitrogens with zero attached hydrogens (tertiary/aromatic N) is 4. The second-order valence-corrected chi connectivity index (χ2v) is 13.7. The van der Waals surface area contributed by atoms with E-state index in [1.54, 1.807) is 54.1 Å². The highest BCUT2D eigenvalue weighted by Gasteiger charge is 2.25. The summed E-state index contributed by atoms with van der Waals surface area (Å²) in [5, 5.41) is 7.11. The highest BCUT2D eigenvalue weighted by atomic mass is 32.2. The van der Waals surface area contributed by atoms with Crippen molar-refractivity contribution in [2.24, 2.45) is 0 Å². The largest absolute Gasteiger partial charge is 0.379 e. The number of thiazole rings is 1. The zero-order valence-corrected chi connectivity index (χ0v) is 25.1. The lowest BCUT2D eigenvalue weighted by molar-refractivity contribution is 0.00858. The maximum absolute atomic E-state index is 13.2. The molecule has 1 saturated carbocycles. The molecule has 41 heavy (non-hydrogen) atoms. The smallest absolute Gasteiger partial charge is 0.269 e. The normalized spacial score (nSPS) is 19.6. The summed E-state index contributed by atoms with van der Waals surface area (Å²) >= 11 is 1.56. The van der Waals surface area contributed by atoms with Crippen molar-refractivity contribution >= 4 is 32.4 Å². The van der Waals surface area contributed by atoms with Gasteiger partial charge in [0, 0.05) is 53.8 Å². The SMILES string of the molecule is C1CCC(N2CCOCC2)CC1.O=S(=O)(c1ccccc1)n1cc(-c2nc(C3CCNCC3)cs2)c2cccnc21. The minimum absolute atomic E-state index is 0.239. The molecule has 1 aliphatic carbocycles. The fourth-order valence-electron chi connectivity index (χ4n) is 6.19.